The zero-order valence-electron chi connectivity index (χ0n) is 10.4. The minimum Gasteiger partial charge on any atom is -0.388 e. The third-order valence-corrected chi connectivity index (χ3v) is 3.16. The van der Waals surface area contributed by atoms with Crippen LogP contribution in [0.5, 0.6) is 0 Å². The third kappa shape index (κ3) is 3.66. The number of aromatic nitrogens is 1. The number of pyridine rings is 1. The van der Waals surface area contributed by atoms with Crippen LogP contribution in [-0.4, -0.2) is 9.97 Å². The second-order valence-electron chi connectivity index (χ2n) is 4.19. The topological polar surface area (TPSA) is 50.9 Å². The Hall–Kier alpha value is -1.65. The van der Waals surface area contributed by atoms with Crippen LogP contribution in [-0.2, 0) is 0 Å². The Morgan fingerprint density at radius 2 is 2.05 bits per heavy atom. The molecule has 3 nitrogen and oxygen atoms in total. The molecule has 0 radical (unpaired) electrons. The molecule has 0 fully saturated rings. The number of nitrogens with zero attached hydrogens (tertiary/aromatic N) is 1. The van der Waals surface area contributed by atoms with Gasteiger partial charge in [-0.25, -0.2) is 4.98 Å². The van der Waals surface area contributed by atoms with E-state index >= 15 is 0 Å². The molecule has 0 aliphatic rings. The highest BCUT2D eigenvalue weighted by Crippen LogP contribution is 2.20. The van der Waals surface area contributed by atoms with Gasteiger partial charge in [0.2, 0.25) is 0 Å². The Kier molecular flexibility index (Phi) is 4.35. The summed E-state index contributed by atoms with van der Waals surface area (Å²) in [5.74, 6) is 0.734. The van der Waals surface area contributed by atoms with Crippen LogP contribution in [0, 0.1) is 0 Å². The monoisotopic (exact) mass is 291 g/mol. The number of hydrogen-bond acceptors (Lipinski definition) is 3. The molecule has 2 rings (SSSR count). The standard InChI is InChI=1S/C14H14ClN3S/c1-9(10-4-2-5-11(15)8-10)17-13-7-3-6-12(18-13)14(16)19/h2-9H,1H3,(H2,16,19)(H,17,18). The number of nitrogens with two attached hydrogens (primary N) is 1. The van der Waals surface area contributed by atoms with E-state index in [0.29, 0.717) is 10.7 Å². The lowest BCUT2D eigenvalue weighted by Gasteiger charge is -2.15. The van der Waals surface area contributed by atoms with Gasteiger partial charge in [0.05, 0.1) is 5.69 Å². The fraction of sp³-hybridized carbons (Fsp3) is 0.143. The molecule has 1 heterocycles. The lowest BCUT2D eigenvalue weighted by Crippen LogP contribution is -2.14. The highest BCUT2D eigenvalue weighted by molar-refractivity contribution is 7.80. The molecule has 0 saturated carbocycles. The molecule has 1 aromatic heterocycles. The first-order valence-corrected chi connectivity index (χ1v) is 6.64. The van der Waals surface area contributed by atoms with Crippen molar-refractivity contribution in [2.24, 2.45) is 5.73 Å². The van der Waals surface area contributed by atoms with Crippen molar-refractivity contribution in [2.75, 3.05) is 5.32 Å². The van der Waals surface area contributed by atoms with Crippen molar-refractivity contribution >= 4 is 34.6 Å². The molecule has 2 aromatic rings. The molecule has 3 N–H and O–H groups in total. The molecule has 5 heteroatoms. The highest BCUT2D eigenvalue weighted by Gasteiger charge is 2.07. The highest BCUT2D eigenvalue weighted by atomic mass is 35.5. The van der Waals surface area contributed by atoms with Crippen molar-refractivity contribution in [1.82, 2.24) is 4.98 Å². The fourth-order valence-electron chi connectivity index (χ4n) is 1.73. The van der Waals surface area contributed by atoms with Crippen molar-refractivity contribution in [1.29, 1.82) is 0 Å². The van der Waals surface area contributed by atoms with Crippen LogP contribution in [0.1, 0.15) is 24.2 Å². The molecule has 0 aliphatic carbocycles. The Morgan fingerprint density at radius 1 is 1.32 bits per heavy atom. The van der Waals surface area contributed by atoms with Gasteiger partial charge < -0.3 is 11.1 Å². The van der Waals surface area contributed by atoms with Crippen LogP contribution < -0.4 is 11.1 Å². The van der Waals surface area contributed by atoms with Crippen molar-refractivity contribution in [2.45, 2.75) is 13.0 Å². The smallest absolute Gasteiger partial charge is 0.127 e. The van der Waals surface area contributed by atoms with Crippen molar-refractivity contribution < 1.29 is 0 Å². The summed E-state index contributed by atoms with van der Waals surface area (Å²) in [6, 6.07) is 13.3. The molecule has 1 aromatic carbocycles. The van der Waals surface area contributed by atoms with Gasteiger partial charge in [0.1, 0.15) is 10.8 Å². The van der Waals surface area contributed by atoms with Gasteiger partial charge in [-0.15, -0.1) is 0 Å². The maximum absolute atomic E-state index is 5.98. The van der Waals surface area contributed by atoms with E-state index in [1.807, 2.05) is 43.3 Å². The maximum Gasteiger partial charge on any atom is 0.127 e. The van der Waals surface area contributed by atoms with Gasteiger partial charge in [-0.2, -0.15) is 0 Å². The van der Waals surface area contributed by atoms with Crippen LogP contribution in [0.15, 0.2) is 42.5 Å². The summed E-state index contributed by atoms with van der Waals surface area (Å²) in [6.07, 6.45) is 0. The Balaban J connectivity index is 2.17. The van der Waals surface area contributed by atoms with Gasteiger partial charge in [-0.05, 0) is 36.8 Å². The van der Waals surface area contributed by atoms with Crippen LogP contribution in [0.25, 0.3) is 0 Å². The SMILES string of the molecule is CC(Nc1cccc(C(N)=S)n1)c1cccc(Cl)c1. The van der Waals surface area contributed by atoms with Crippen LogP contribution in [0.3, 0.4) is 0 Å². The second kappa shape index (κ2) is 5.99. The number of rotatable bonds is 4. The lowest BCUT2D eigenvalue weighted by molar-refractivity contribution is 0.874. The molecule has 0 aliphatic heterocycles. The molecule has 0 bridgehead atoms. The van der Waals surface area contributed by atoms with E-state index in [4.69, 9.17) is 29.6 Å². The molecule has 19 heavy (non-hydrogen) atoms. The predicted octanol–water partition coefficient (Wildman–Crippen LogP) is 3.54. The molecule has 0 saturated heterocycles. The minimum atomic E-state index is 0.0906. The molecule has 1 atom stereocenters. The van der Waals surface area contributed by atoms with Crippen molar-refractivity contribution in [3.63, 3.8) is 0 Å². The average Bonchev–Trinajstić information content (AvgIpc) is 2.39. The van der Waals surface area contributed by atoms with Crippen molar-refractivity contribution in [3.05, 3.63) is 58.7 Å². The Bertz CT molecular complexity index is 601. The molecule has 98 valence electrons. The van der Waals surface area contributed by atoms with Crippen LogP contribution in [0.2, 0.25) is 5.02 Å². The molecular weight excluding hydrogens is 278 g/mol. The van der Waals surface area contributed by atoms with Gasteiger partial charge in [0, 0.05) is 11.1 Å². The number of thiocarbonyl (C=S) groups is 1. The van der Waals surface area contributed by atoms with Gasteiger partial charge in [-0.3, -0.25) is 0 Å². The van der Waals surface area contributed by atoms with E-state index in [9.17, 15) is 0 Å². The second-order valence-corrected chi connectivity index (χ2v) is 5.07. The summed E-state index contributed by atoms with van der Waals surface area (Å²) >= 11 is 10.9. The van der Waals surface area contributed by atoms with Gasteiger partial charge in [0.15, 0.2) is 0 Å². The first kappa shape index (κ1) is 13.8. The van der Waals surface area contributed by atoms with E-state index in [0.717, 1.165) is 16.4 Å². The summed E-state index contributed by atoms with van der Waals surface area (Å²) in [4.78, 5) is 4.64. The van der Waals surface area contributed by atoms with E-state index < -0.39 is 0 Å². The summed E-state index contributed by atoms with van der Waals surface area (Å²) in [6.45, 7) is 2.04. The summed E-state index contributed by atoms with van der Waals surface area (Å²) in [5, 5.41) is 4.01. The van der Waals surface area contributed by atoms with Crippen LogP contribution >= 0.6 is 23.8 Å². The Labute approximate surface area is 122 Å². The number of halogens is 1. The van der Waals surface area contributed by atoms with Gasteiger partial charge >= 0.3 is 0 Å². The zero-order chi connectivity index (χ0) is 13.8. The molecule has 1 unspecified atom stereocenters. The third-order valence-electron chi connectivity index (χ3n) is 2.71. The van der Waals surface area contributed by atoms with Crippen molar-refractivity contribution in [3.8, 4) is 0 Å². The average molecular weight is 292 g/mol. The number of hydrogen-bond donors (Lipinski definition) is 2. The maximum atomic E-state index is 5.98. The first-order chi connectivity index (χ1) is 9.06. The Morgan fingerprint density at radius 3 is 2.74 bits per heavy atom. The number of nitrogens with one attached hydrogen (secondary N) is 1. The molecule has 0 spiro atoms. The number of anilines is 1. The first-order valence-electron chi connectivity index (χ1n) is 5.85. The van der Waals surface area contributed by atoms with Gasteiger partial charge in [0.25, 0.3) is 0 Å². The predicted molar refractivity (Wildman–Crippen MR) is 83.6 cm³/mol. The summed E-state index contributed by atoms with van der Waals surface area (Å²) in [5.41, 5.74) is 7.27. The van der Waals surface area contributed by atoms with E-state index in [-0.39, 0.29) is 6.04 Å². The molecular formula is C14H14ClN3S. The van der Waals surface area contributed by atoms with E-state index in [1.54, 1.807) is 6.07 Å². The van der Waals surface area contributed by atoms with E-state index in [2.05, 4.69) is 10.3 Å². The quantitative estimate of drug-likeness (QED) is 0.846. The van der Waals surface area contributed by atoms with E-state index in [1.165, 1.54) is 0 Å². The zero-order valence-corrected chi connectivity index (χ0v) is 12.0. The summed E-state index contributed by atoms with van der Waals surface area (Å²) in [7, 11) is 0. The molecule has 0 amide bonds. The lowest BCUT2D eigenvalue weighted by atomic mass is 10.1. The fourth-order valence-corrected chi connectivity index (χ4v) is 2.05. The normalized spacial score (nSPS) is 11.9. The largest absolute Gasteiger partial charge is 0.388 e. The number of benzene rings is 1. The minimum absolute atomic E-state index is 0.0906. The summed E-state index contributed by atoms with van der Waals surface area (Å²) < 4.78 is 0. The van der Waals surface area contributed by atoms with Crippen LogP contribution in [0.4, 0.5) is 5.82 Å². The van der Waals surface area contributed by atoms with Gasteiger partial charge in [-0.1, -0.05) is 42.0 Å².